The summed E-state index contributed by atoms with van der Waals surface area (Å²) in [6, 6.07) is 14.5. The number of amides is 1. The second kappa shape index (κ2) is 14.8. The van der Waals surface area contributed by atoms with E-state index >= 15 is 9.18 Å². The van der Waals surface area contributed by atoms with Gasteiger partial charge in [0.15, 0.2) is 5.82 Å². The molecular weight excluding hydrogens is 813 g/mol. The molecule has 10 rings (SSSR count). The van der Waals surface area contributed by atoms with Gasteiger partial charge in [-0.15, -0.1) is 0 Å². The summed E-state index contributed by atoms with van der Waals surface area (Å²) in [6.07, 6.45) is 7.08. The van der Waals surface area contributed by atoms with E-state index in [1.165, 1.54) is 20.9 Å². The molecule has 15 nitrogen and oxygen atoms in total. The predicted molar refractivity (Wildman–Crippen MR) is 231 cm³/mol. The number of nitrogens with one attached hydrogen (secondary N) is 1. The van der Waals surface area contributed by atoms with Crippen molar-refractivity contribution in [2.45, 2.75) is 70.9 Å². The molecule has 62 heavy (non-hydrogen) atoms. The molecule has 1 amide bonds. The van der Waals surface area contributed by atoms with E-state index in [1.54, 1.807) is 68.5 Å². The summed E-state index contributed by atoms with van der Waals surface area (Å²) in [5.41, 5.74) is 6.00. The van der Waals surface area contributed by atoms with Crippen molar-refractivity contribution in [3.63, 3.8) is 0 Å². The first-order valence-corrected chi connectivity index (χ1v) is 23.6. The normalized spacial score (nSPS) is 20.5. The molecule has 1 aliphatic carbocycles. The second-order valence-corrected chi connectivity index (χ2v) is 20.6. The Bertz CT molecular complexity index is 3070. The lowest BCUT2D eigenvalue weighted by molar-refractivity contribution is 0.0666. The Hall–Kier alpha value is -6.12. The number of carbonyl (C=O) groups excluding carboxylic acids is 1. The molecule has 1 unspecified atom stereocenters. The van der Waals surface area contributed by atoms with Crippen LogP contribution in [0.4, 0.5) is 4.39 Å². The summed E-state index contributed by atoms with van der Waals surface area (Å²) in [6.45, 7) is 12.5. The monoisotopic (exact) mass is 859 g/mol. The number of hydrogen-bond acceptors (Lipinski definition) is 9. The van der Waals surface area contributed by atoms with Gasteiger partial charge in [0, 0.05) is 67.0 Å². The highest BCUT2D eigenvalue weighted by Gasteiger charge is 2.53. The number of hydrogen-bond donors (Lipinski definition) is 1. The van der Waals surface area contributed by atoms with Gasteiger partial charge in [-0.1, -0.05) is 18.1 Å². The highest BCUT2D eigenvalue weighted by molar-refractivity contribution is 7.69. The molecule has 5 aromatic heterocycles. The Morgan fingerprint density at radius 1 is 0.952 bits per heavy atom. The second-order valence-electron chi connectivity index (χ2n) is 17.4. The summed E-state index contributed by atoms with van der Waals surface area (Å²) in [7, 11) is -2.63. The summed E-state index contributed by atoms with van der Waals surface area (Å²) in [5.74, 6) is -0.0274. The predicted octanol–water partition coefficient (Wildman–Crippen LogP) is 6.47. The molecule has 0 spiro atoms. The Morgan fingerprint density at radius 2 is 1.69 bits per heavy atom. The molecule has 1 saturated carbocycles. The molecule has 4 atom stereocenters. The Morgan fingerprint density at radius 3 is 2.37 bits per heavy atom. The minimum Gasteiger partial charge on any atom is -0.381 e. The number of nitrogens with zero attached hydrogens (tertiary/aromatic N) is 8. The van der Waals surface area contributed by atoms with Gasteiger partial charge in [-0.25, -0.2) is 18.7 Å². The smallest absolute Gasteiger partial charge is 0.381 e. The minimum atomic E-state index is -2.63. The van der Waals surface area contributed by atoms with Crippen LogP contribution in [-0.2, 0) is 15.7 Å². The third kappa shape index (κ3) is 6.53. The molecule has 2 fully saturated rings. The van der Waals surface area contributed by atoms with Crippen molar-refractivity contribution < 1.29 is 23.0 Å². The van der Waals surface area contributed by atoms with Crippen LogP contribution in [0.3, 0.4) is 0 Å². The van der Waals surface area contributed by atoms with Crippen molar-refractivity contribution in [2.75, 3.05) is 33.1 Å². The third-order valence-electron chi connectivity index (χ3n) is 13.1. The quantitative estimate of drug-likeness (QED) is 0.169. The van der Waals surface area contributed by atoms with Crippen molar-refractivity contribution in [3.05, 3.63) is 133 Å². The fourth-order valence-corrected chi connectivity index (χ4v) is 10.5. The maximum atomic E-state index is 15.3. The number of aromatic amines is 1. The van der Waals surface area contributed by atoms with Crippen LogP contribution in [-0.4, -0.2) is 82.5 Å². The molecule has 7 heterocycles. The van der Waals surface area contributed by atoms with Gasteiger partial charge in [0.1, 0.15) is 24.5 Å². The lowest BCUT2D eigenvalue weighted by Crippen LogP contribution is -2.40. The van der Waals surface area contributed by atoms with Crippen molar-refractivity contribution in [1.29, 1.82) is 0 Å². The average Bonchev–Trinajstić information content (AvgIpc) is 3.75. The van der Waals surface area contributed by atoms with Crippen molar-refractivity contribution >= 4 is 29.4 Å². The lowest BCUT2D eigenvalue weighted by atomic mass is 9.91. The molecule has 17 heteroatoms. The molecule has 7 aromatic rings. The first-order valence-electron chi connectivity index (χ1n) is 21.0. The summed E-state index contributed by atoms with van der Waals surface area (Å²) in [4.78, 5) is 50.8. The SMILES string of the molecule is Cc1cc(-n2nc3c(c2-n2ccn(-c4ccc(P(C)(C)=O)nc4)c2=O)[C@H](C)N(C(=O)c2cc4cc(C5CCOCC5)ccc4n2[C@@H]2C(c4noc(=O)[nH]4)[C@@H]2C)CC3)cc(C)c1F. The molecule has 1 N–H and O–H groups in total. The number of benzene rings is 2. The Labute approximate surface area is 355 Å². The van der Waals surface area contributed by atoms with Crippen LogP contribution in [0.2, 0.25) is 0 Å². The highest BCUT2D eigenvalue weighted by atomic mass is 31.2. The van der Waals surface area contributed by atoms with Gasteiger partial charge in [-0.3, -0.25) is 28.4 Å². The number of halogens is 1. The van der Waals surface area contributed by atoms with Gasteiger partial charge in [-0.2, -0.15) is 5.10 Å². The lowest BCUT2D eigenvalue weighted by Gasteiger charge is -2.34. The number of imidazole rings is 1. The number of rotatable bonds is 8. The largest absolute Gasteiger partial charge is 0.438 e. The fraction of sp³-hybridized carbons (Fsp3) is 0.378. The maximum absolute atomic E-state index is 15.3. The van der Waals surface area contributed by atoms with Gasteiger partial charge >= 0.3 is 11.4 Å². The zero-order valence-electron chi connectivity index (χ0n) is 35.3. The van der Waals surface area contributed by atoms with Gasteiger partial charge in [0.25, 0.3) is 5.91 Å². The van der Waals surface area contributed by atoms with Crippen LogP contribution in [0.15, 0.2) is 81.2 Å². The third-order valence-corrected chi connectivity index (χ3v) is 14.5. The number of H-pyrrole nitrogens is 1. The zero-order chi connectivity index (χ0) is 43.4. The number of aryl methyl sites for hydroxylation is 2. The molecule has 0 radical (unpaired) electrons. The number of pyridine rings is 1. The van der Waals surface area contributed by atoms with E-state index in [4.69, 9.17) is 14.4 Å². The minimum absolute atomic E-state index is 0.0432. The number of aromatic nitrogens is 8. The van der Waals surface area contributed by atoms with Gasteiger partial charge in [-0.05, 0) is 118 Å². The molecule has 2 aromatic carbocycles. The molecule has 320 valence electrons. The zero-order valence-corrected chi connectivity index (χ0v) is 36.2. The maximum Gasteiger partial charge on any atom is 0.438 e. The Kier molecular flexibility index (Phi) is 9.52. The summed E-state index contributed by atoms with van der Waals surface area (Å²) < 4.78 is 45.0. The summed E-state index contributed by atoms with van der Waals surface area (Å²) >= 11 is 0. The number of fused-ring (bicyclic) bond motifs is 2. The average molecular weight is 860 g/mol. The molecular formula is C45H47FN9O6P. The van der Waals surface area contributed by atoms with Crippen LogP contribution in [0.5, 0.6) is 0 Å². The van der Waals surface area contributed by atoms with Crippen LogP contribution in [0.25, 0.3) is 28.1 Å². The van der Waals surface area contributed by atoms with Gasteiger partial charge < -0.3 is 18.8 Å². The standard InChI is InChI=1S/C45H47FN9O6P/c1-24-19-32(20-25(2)39(24)46)55-42(53-16-15-52(45(53)58)31-8-10-36(47-23-31)62(5,6)59)38-27(4)51(14-11-33(38)49-55)43(56)35-22-30-21-29(28-12-17-60-18-13-28)7-9-34(30)54(35)40-26(3)37(40)41-48-44(57)61-50-41/h7-10,15-16,19-23,26-28,37,40H,11-14,17-18H2,1-6H3,(H,48,50,57)/t26-,27-,37?,40-/m0/s1. The van der Waals surface area contributed by atoms with Gasteiger partial charge in [0.2, 0.25) is 0 Å². The molecule has 0 bridgehead atoms. The van der Waals surface area contributed by atoms with E-state index in [2.05, 4.69) is 44.8 Å². The first-order chi connectivity index (χ1) is 29.7. The van der Waals surface area contributed by atoms with Gasteiger partial charge in [0.05, 0.1) is 34.7 Å². The number of carbonyl (C=O) groups is 1. The topological polar surface area (TPSA) is 168 Å². The molecule has 2 aliphatic heterocycles. The van der Waals surface area contributed by atoms with Crippen LogP contribution in [0, 0.1) is 25.6 Å². The van der Waals surface area contributed by atoms with E-state index in [0.717, 1.165) is 29.4 Å². The van der Waals surface area contributed by atoms with Crippen molar-refractivity contribution in [1.82, 2.24) is 43.5 Å². The van der Waals surface area contributed by atoms with Crippen molar-refractivity contribution in [2.24, 2.45) is 5.92 Å². The highest BCUT2D eigenvalue weighted by Crippen LogP contribution is 2.58. The molecule has 3 aliphatic rings. The molecule has 1 saturated heterocycles. The van der Waals surface area contributed by atoms with E-state index in [9.17, 15) is 14.2 Å². The fourth-order valence-electron chi connectivity index (χ4n) is 9.77. The van der Waals surface area contributed by atoms with Crippen LogP contribution in [0.1, 0.15) is 94.9 Å². The Balaban J connectivity index is 1.09. The van der Waals surface area contributed by atoms with E-state index in [1.807, 2.05) is 17.9 Å². The van der Waals surface area contributed by atoms with Crippen LogP contribution >= 0.6 is 7.14 Å². The van der Waals surface area contributed by atoms with Crippen LogP contribution < -0.4 is 16.9 Å². The first kappa shape index (κ1) is 40.0. The van der Waals surface area contributed by atoms with E-state index < -0.39 is 24.6 Å². The summed E-state index contributed by atoms with van der Waals surface area (Å²) in [5, 5.41) is 10.0. The van der Waals surface area contributed by atoms with E-state index in [-0.39, 0.29) is 29.6 Å². The number of ether oxygens (including phenoxy) is 1. The van der Waals surface area contributed by atoms with E-state index in [0.29, 0.717) is 82.9 Å². The van der Waals surface area contributed by atoms with Crippen molar-refractivity contribution in [3.8, 4) is 17.2 Å².